The lowest BCUT2D eigenvalue weighted by atomic mass is 10.00. The fourth-order valence-corrected chi connectivity index (χ4v) is 1.71. The van der Waals surface area contributed by atoms with E-state index in [-0.39, 0.29) is 5.92 Å². The average molecular weight is 341 g/mol. The number of carboxylic acids is 1. The van der Waals surface area contributed by atoms with Gasteiger partial charge in [0.1, 0.15) is 6.04 Å². The van der Waals surface area contributed by atoms with Gasteiger partial charge in [-0.05, 0) is 18.3 Å². The smallest absolute Gasteiger partial charge is 0.359 e. The van der Waals surface area contributed by atoms with Crippen molar-refractivity contribution in [3.8, 4) is 0 Å². The molecule has 1 amide bonds. The van der Waals surface area contributed by atoms with Crippen LogP contribution in [-0.4, -0.2) is 42.0 Å². The average Bonchev–Trinajstić information content (AvgIpc) is 2.34. The Labute approximate surface area is 131 Å². The zero-order chi connectivity index (χ0) is 18.1. The van der Waals surface area contributed by atoms with E-state index in [9.17, 15) is 18.0 Å². The van der Waals surface area contributed by atoms with Crippen molar-refractivity contribution in [1.82, 2.24) is 4.72 Å². The monoisotopic (exact) mass is 341 g/mol. The summed E-state index contributed by atoms with van der Waals surface area (Å²) in [5, 5.41) is 8.31. The number of rotatable bonds is 7. The van der Waals surface area contributed by atoms with Crippen LogP contribution < -0.4 is 16.2 Å². The van der Waals surface area contributed by atoms with Crippen molar-refractivity contribution in [3.05, 3.63) is 0 Å². The van der Waals surface area contributed by atoms with E-state index in [0.29, 0.717) is 18.8 Å². The second-order valence-corrected chi connectivity index (χ2v) is 6.58. The number of hydrogen-bond acceptors (Lipinski definition) is 6. The van der Waals surface area contributed by atoms with E-state index in [1.807, 2.05) is 20.8 Å². The molecule has 3 atom stereocenters. The predicted molar refractivity (Wildman–Crippen MR) is 82.2 cm³/mol. The number of hydrogen-bond donors (Lipinski definition) is 5. The maximum atomic E-state index is 11.0. The van der Waals surface area contributed by atoms with Crippen LogP contribution in [0.3, 0.4) is 0 Å². The van der Waals surface area contributed by atoms with Gasteiger partial charge in [-0.1, -0.05) is 34.1 Å². The summed E-state index contributed by atoms with van der Waals surface area (Å²) in [6, 6.07) is -1.61. The Hall–Kier alpha value is -1.23. The molecular formula is C12H27N3O6S. The molecule has 1 unspecified atom stereocenters. The van der Waals surface area contributed by atoms with Crippen molar-refractivity contribution in [2.45, 2.75) is 52.6 Å². The van der Waals surface area contributed by atoms with Crippen molar-refractivity contribution in [2.24, 2.45) is 23.3 Å². The number of aliphatic carboxylic acids is 1. The first-order valence-corrected chi connectivity index (χ1v) is 8.28. The molecule has 132 valence electrons. The quantitative estimate of drug-likeness (QED) is 0.393. The molecule has 0 spiro atoms. The summed E-state index contributed by atoms with van der Waals surface area (Å²) in [4.78, 5) is 21.1. The van der Waals surface area contributed by atoms with Gasteiger partial charge in [0.15, 0.2) is 0 Å². The number of amides is 1. The normalized spacial score (nSPS) is 15.3. The molecule has 0 bridgehead atoms. The molecule has 0 radical (unpaired) electrons. The van der Waals surface area contributed by atoms with Crippen LogP contribution in [0.4, 0.5) is 0 Å². The number of nitrogens with one attached hydrogen (secondary N) is 1. The largest absolute Gasteiger partial charge is 0.480 e. The van der Waals surface area contributed by atoms with Crippen molar-refractivity contribution in [3.63, 3.8) is 0 Å². The highest BCUT2D eigenvalue weighted by atomic mass is 32.2. The lowest BCUT2D eigenvalue weighted by Crippen LogP contribution is -2.46. The second-order valence-electron chi connectivity index (χ2n) is 5.43. The standard InChI is InChI=1S/C6H14N2O4S.C6H13NO2/c1-3-4(2)5(7)6(9)8-13(10,11)12;1-4(2)3-5(7)6(8)9/h4-5H,3,7H2,1-2H3,(H,8,9)(H,10,11,12);4-5H,3,7H2,1-2H3,(H,8,9)/t4-,5+;/m1./s1. The van der Waals surface area contributed by atoms with Gasteiger partial charge in [0.05, 0.1) is 6.04 Å². The summed E-state index contributed by atoms with van der Waals surface area (Å²) in [6.07, 6.45) is 1.20. The third-order valence-corrected chi connectivity index (χ3v) is 3.29. The van der Waals surface area contributed by atoms with Crippen LogP contribution in [0.15, 0.2) is 0 Å². The minimum absolute atomic E-state index is 0.137. The first-order valence-electron chi connectivity index (χ1n) is 6.84. The minimum atomic E-state index is -4.49. The zero-order valence-corrected chi connectivity index (χ0v) is 14.1. The van der Waals surface area contributed by atoms with E-state index in [0.717, 1.165) is 0 Å². The Morgan fingerprint density at radius 1 is 1.18 bits per heavy atom. The third kappa shape index (κ3) is 12.5. The second kappa shape index (κ2) is 10.5. The fourth-order valence-electron chi connectivity index (χ4n) is 1.32. The summed E-state index contributed by atoms with van der Waals surface area (Å²) in [5.41, 5.74) is 10.6. The summed E-state index contributed by atoms with van der Waals surface area (Å²) >= 11 is 0. The molecule has 0 saturated heterocycles. The molecule has 0 fully saturated rings. The molecule has 22 heavy (non-hydrogen) atoms. The molecule has 0 aromatic rings. The van der Waals surface area contributed by atoms with Crippen molar-refractivity contribution >= 4 is 22.2 Å². The van der Waals surface area contributed by atoms with Crippen molar-refractivity contribution in [2.75, 3.05) is 0 Å². The van der Waals surface area contributed by atoms with E-state index in [2.05, 4.69) is 0 Å². The Kier molecular flexibility index (Phi) is 11.0. The maximum absolute atomic E-state index is 11.0. The Balaban J connectivity index is 0. The molecule has 0 rings (SSSR count). The molecule has 0 aliphatic heterocycles. The van der Waals surface area contributed by atoms with Crippen LogP contribution in [0.25, 0.3) is 0 Å². The van der Waals surface area contributed by atoms with Gasteiger partial charge in [0, 0.05) is 0 Å². The third-order valence-electron chi connectivity index (χ3n) is 2.83. The molecule has 0 aromatic heterocycles. The summed E-state index contributed by atoms with van der Waals surface area (Å²) < 4.78 is 30.1. The number of carbonyl (C=O) groups is 2. The zero-order valence-electron chi connectivity index (χ0n) is 13.3. The van der Waals surface area contributed by atoms with E-state index < -0.39 is 34.3 Å². The molecule has 10 heteroatoms. The molecule has 7 N–H and O–H groups in total. The topological polar surface area (TPSA) is 173 Å². The minimum Gasteiger partial charge on any atom is -0.480 e. The predicted octanol–water partition coefficient (Wildman–Crippen LogP) is -0.277. The van der Waals surface area contributed by atoms with Gasteiger partial charge in [-0.2, -0.15) is 8.42 Å². The van der Waals surface area contributed by atoms with Crippen LogP contribution in [0, 0.1) is 11.8 Å². The highest BCUT2D eigenvalue weighted by Gasteiger charge is 2.22. The SMILES string of the molecule is CC(C)CC(N)C(=O)O.CC[C@@H](C)[C@H](N)C(=O)NS(=O)(=O)O. The fraction of sp³-hybridized carbons (Fsp3) is 0.833. The van der Waals surface area contributed by atoms with Crippen LogP contribution in [0.5, 0.6) is 0 Å². The lowest BCUT2D eigenvalue weighted by Gasteiger charge is -2.16. The molecule has 0 aromatic carbocycles. The lowest BCUT2D eigenvalue weighted by molar-refractivity contribution is -0.138. The maximum Gasteiger partial charge on any atom is 0.359 e. The molecule has 0 aliphatic carbocycles. The number of carbonyl (C=O) groups excluding carboxylic acids is 1. The Bertz CT molecular complexity index is 452. The van der Waals surface area contributed by atoms with Gasteiger partial charge in [0.25, 0.3) is 5.91 Å². The van der Waals surface area contributed by atoms with E-state index in [4.69, 9.17) is 21.1 Å². The summed E-state index contributed by atoms with van der Waals surface area (Å²) in [6.45, 7) is 7.44. The van der Waals surface area contributed by atoms with E-state index in [1.54, 1.807) is 6.92 Å². The van der Waals surface area contributed by atoms with Gasteiger partial charge >= 0.3 is 16.3 Å². The summed E-state index contributed by atoms with van der Waals surface area (Å²) in [7, 11) is -4.49. The molecular weight excluding hydrogens is 314 g/mol. The van der Waals surface area contributed by atoms with Gasteiger partial charge in [-0.3, -0.25) is 14.1 Å². The van der Waals surface area contributed by atoms with Gasteiger partial charge in [-0.15, -0.1) is 0 Å². The van der Waals surface area contributed by atoms with Crippen molar-refractivity contribution < 1.29 is 27.7 Å². The molecule has 9 nitrogen and oxygen atoms in total. The molecule has 0 aliphatic rings. The van der Waals surface area contributed by atoms with Crippen LogP contribution in [0.2, 0.25) is 0 Å². The Morgan fingerprint density at radius 2 is 1.64 bits per heavy atom. The number of carboxylic acid groups (broad SMARTS) is 1. The van der Waals surface area contributed by atoms with E-state index >= 15 is 0 Å². The molecule has 0 saturated carbocycles. The first kappa shape index (κ1) is 23.0. The molecule has 0 heterocycles. The van der Waals surface area contributed by atoms with Crippen molar-refractivity contribution in [1.29, 1.82) is 0 Å². The van der Waals surface area contributed by atoms with Crippen LogP contribution in [-0.2, 0) is 19.9 Å². The Morgan fingerprint density at radius 3 is 1.86 bits per heavy atom. The van der Waals surface area contributed by atoms with Crippen LogP contribution >= 0.6 is 0 Å². The van der Waals surface area contributed by atoms with Gasteiger partial charge < -0.3 is 16.6 Å². The van der Waals surface area contributed by atoms with E-state index in [1.165, 1.54) is 4.72 Å². The van der Waals surface area contributed by atoms with Gasteiger partial charge in [0.2, 0.25) is 0 Å². The van der Waals surface area contributed by atoms with Crippen LogP contribution in [0.1, 0.15) is 40.5 Å². The number of nitrogens with two attached hydrogens (primary N) is 2. The summed E-state index contributed by atoms with van der Waals surface area (Å²) in [5.74, 6) is -1.58. The van der Waals surface area contributed by atoms with Gasteiger partial charge in [-0.25, -0.2) is 4.72 Å². The highest BCUT2D eigenvalue weighted by molar-refractivity contribution is 7.84. The highest BCUT2D eigenvalue weighted by Crippen LogP contribution is 2.05. The first-order chi connectivity index (χ1) is 9.81.